The molecule has 1 fully saturated rings. The molecule has 0 aliphatic carbocycles. The van der Waals surface area contributed by atoms with Crippen LogP contribution in [0.4, 0.5) is 4.39 Å². The molecule has 23 heavy (non-hydrogen) atoms. The van der Waals surface area contributed by atoms with Crippen molar-refractivity contribution in [3.8, 4) is 0 Å². The summed E-state index contributed by atoms with van der Waals surface area (Å²) < 4.78 is 13.2. The summed E-state index contributed by atoms with van der Waals surface area (Å²) in [5, 5.41) is 9.90. The molecule has 1 heterocycles. The van der Waals surface area contributed by atoms with Crippen molar-refractivity contribution in [3.05, 3.63) is 35.6 Å². The fraction of sp³-hybridized carbons (Fsp3) is 0.529. The molecule has 0 spiro atoms. The summed E-state index contributed by atoms with van der Waals surface area (Å²) in [7, 11) is 0. The first-order valence-corrected chi connectivity index (χ1v) is 7.86. The van der Waals surface area contributed by atoms with Gasteiger partial charge in [0.2, 0.25) is 5.91 Å². The van der Waals surface area contributed by atoms with Crippen LogP contribution in [0.5, 0.6) is 0 Å². The van der Waals surface area contributed by atoms with E-state index in [1.165, 1.54) is 17.0 Å². The van der Waals surface area contributed by atoms with E-state index in [0.717, 1.165) is 5.56 Å². The second kappa shape index (κ2) is 7.55. The second-order valence-electron chi connectivity index (χ2n) is 6.35. The van der Waals surface area contributed by atoms with Gasteiger partial charge in [0.25, 0.3) is 5.91 Å². The normalized spacial score (nSPS) is 16.8. The molecule has 1 aromatic carbocycles. The highest BCUT2D eigenvalue weighted by molar-refractivity contribution is 5.88. The molecule has 1 aliphatic heterocycles. The Morgan fingerprint density at radius 3 is 2.70 bits per heavy atom. The van der Waals surface area contributed by atoms with Gasteiger partial charge < -0.3 is 14.9 Å². The molecule has 1 saturated heterocycles. The quantitative estimate of drug-likeness (QED) is 0.891. The van der Waals surface area contributed by atoms with Crippen molar-refractivity contribution < 1.29 is 19.1 Å². The summed E-state index contributed by atoms with van der Waals surface area (Å²) in [5.74, 6) is -0.706. The molecule has 126 valence electrons. The van der Waals surface area contributed by atoms with Gasteiger partial charge in [0.05, 0.1) is 6.54 Å². The summed E-state index contributed by atoms with van der Waals surface area (Å²) in [6.07, 6.45) is -0.672. The highest BCUT2D eigenvalue weighted by Crippen LogP contribution is 2.13. The first-order chi connectivity index (χ1) is 10.9. The van der Waals surface area contributed by atoms with Crippen molar-refractivity contribution >= 4 is 11.8 Å². The maximum absolute atomic E-state index is 13.2. The number of nitrogens with zero attached hydrogens (tertiary/aromatic N) is 2. The number of hydrogen-bond acceptors (Lipinski definition) is 3. The first-order valence-electron chi connectivity index (χ1n) is 7.86. The van der Waals surface area contributed by atoms with Crippen LogP contribution in [0, 0.1) is 11.7 Å². The van der Waals surface area contributed by atoms with Crippen LogP contribution in [0.15, 0.2) is 24.3 Å². The average molecular weight is 322 g/mol. The Morgan fingerprint density at radius 2 is 2.09 bits per heavy atom. The third-order valence-corrected chi connectivity index (χ3v) is 3.87. The van der Waals surface area contributed by atoms with Gasteiger partial charge in [0.1, 0.15) is 11.9 Å². The minimum Gasteiger partial charge on any atom is -0.383 e. The van der Waals surface area contributed by atoms with E-state index in [0.29, 0.717) is 26.1 Å². The van der Waals surface area contributed by atoms with Crippen LogP contribution in [-0.2, 0) is 16.1 Å². The molecule has 2 amide bonds. The Labute approximate surface area is 135 Å². The van der Waals surface area contributed by atoms with E-state index in [1.807, 2.05) is 13.8 Å². The van der Waals surface area contributed by atoms with Gasteiger partial charge in [-0.05, 0) is 30.0 Å². The molecule has 1 aliphatic rings. The SMILES string of the molecule is CC(C)C[C@@H](O)C(=O)N1CCN(Cc2cccc(F)c2)C(=O)C1. The van der Waals surface area contributed by atoms with E-state index in [1.54, 1.807) is 17.0 Å². The molecular formula is C17H23FN2O3. The van der Waals surface area contributed by atoms with Crippen molar-refractivity contribution in [1.29, 1.82) is 0 Å². The van der Waals surface area contributed by atoms with Crippen LogP contribution in [0.2, 0.25) is 0 Å². The topological polar surface area (TPSA) is 60.9 Å². The zero-order valence-corrected chi connectivity index (χ0v) is 13.5. The van der Waals surface area contributed by atoms with Crippen LogP contribution in [-0.4, -0.2) is 52.5 Å². The Balaban J connectivity index is 1.92. The van der Waals surface area contributed by atoms with Crippen LogP contribution in [0.3, 0.4) is 0 Å². The summed E-state index contributed by atoms with van der Waals surface area (Å²) in [4.78, 5) is 27.3. The predicted molar refractivity (Wildman–Crippen MR) is 83.9 cm³/mol. The highest BCUT2D eigenvalue weighted by atomic mass is 19.1. The fourth-order valence-electron chi connectivity index (χ4n) is 2.68. The summed E-state index contributed by atoms with van der Waals surface area (Å²) in [5.41, 5.74) is 0.720. The summed E-state index contributed by atoms with van der Waals surface area (Å²) >= 11 is 0. The molecule has 0 aromatic heterocycles. The molecule has 0 saturated carbocycles. The van der Waals surface area contributed by atoms with Gasteiger partial charge in [-0.3, -0.25) is 9.59 Å². The number of aliphatic hydroxyl groups is 1. The van der Waals surface area contributed by atoms with Crippen LogP contribution in [0.25, 0.3) is 0 Å². The number of hydrogen-bond donors (Lipinski definition) is 1. The van der Waals surface area contributed by atoms with Crippen LogP contribution in [0.1, 0.15) is 25.8 Å². The molecule has 0 radical (unpaired) electrons. The Hall–Kier alpha value is -1.95. The van der Waals surface area contributed by atoms with E-state index in [-0.39, 0.29) is 24.2 Å². The van der Waals surface area contributed by atoms with Gasteiger partial charge in [0, 0.05) is 19.6 Å². The maximum Gasteiger partial charge on any atom is 0.251 e. The predicted octanol–water partition coefficient (Wildman–Crippen LogP) is 1.40. The number of benzene rings is 1. The Kier molecular flexibility index (Phi) is 5.71. The second-order valence-corrected chi connectivity index (χ2v) is 6.35. The van der Waals surface area contributed by atoms with Crippen molar-refractivity contribution in [3.63, 3.8) is 0 Å². The van der Waals surface area contributed by atoms with Crippen molar-refractivity contribution in [2.75, 3.05) is 19.6 Å². The van der Waals surface area contributed by atoms with Gasteiger partial charge in [-0.2, -0.15) is 0 Å². The van der Waals surface area contributed by atoms with Crippen LogP contribution >= 0.6 is 0 Å². The van der Waals surface area contributed by atoms with Crippen LogP contribution < -0.4 is 0 Å². The number of carbonyl (C=O) groups is 2. The monoisotopic (exact) mass is 322 g/mol. The number of piperazine rings is 1. The molecule has 0 bridgehead atoms. The van der Waals surface area contributed by atoms with Gasteiger partial charge in [-0.15, -0.1) is 0 Å². The average Bonchev–Trinajstić information content (AvgIpc) is 2.48. The van der Waals surface area contributed by atoms with Gasteiger partial charge in [0.15, 0.2) is 0 Å². The maximum atomic E-state index is 13.2. The van der Waals surface area contributed by atoms with Crippen molar-refractivity contribution in [2.45, 2.75) is 32.9 Å². The molecule has 1 N–H and O–H groups in total. The summed E-state index contributed by atoms with van der Waals surface area (Å²) in [6.45, 7) is 4.91. The lowest BCUT2D eigenvalue weighted by molar-refractivity contribution is -0.151. The number of rotatable bonds is 5. The number of halogens is 1. The van der Waals surface area contributed by atoms with Gasteiger partial charge in [-0.1, -0.05) is 26.0 Å². The smallest absolute Gasteiger partial charge is 0.251 e. The molecular weight excluding hydrogens is 299 g/mol. The largest absolute Gasteiger partial charge is 0.383 e. The first kappa shape index (κ1) is 17.4. The third-order valence-electron chi connectivity index (χ3n) is 3.87. The molecule has 6 heteroatoms. The van der Waals surface area contributed by atoms with E-state index >= 15 is 0 Å². The zero-order valence-electron chi connectivity index (χ0n) is 13.5. The third kappa shape index (κ3) is 4.76. The highest BCUT2D eigenvalue weighted by Gasteiger charge is 2.30. The standard InChI is InChI=1S/C17H23FN2O3/c1-12(2)8-15(21)17(23)20-7-6-19(16(22)11-20)10-13-4-3-5-14(18)9-13/h3-5,9,12,15,21H,6-8,10-11H2,1-2H3/t15-/m1/s1. The van der Waals surface area contributed by atoms with E-state index in [4.69, 9.17) is 0 Å². The van der Waals surface area contributed by atoms with Crippen molar-refractivity contribution in [2.24, 2.45) is 5.92 Å². The molecule has 1 atom stereocenters. The van der Waals surface area contributed by atoms with E-state index < -0.39 is 12.0 Å². The summed E-state index contributed by atoms with van der Waals surface area (Å²) in [6, 6.07) is 6.13. The minimum absolute atomic E-state index is 0.0384. The Morgan fingerprint density at radius 1 is 1.35 bits per heavy atom. The van der Waals surface area contributed by atoms with E-state index in [2.05, 4.69) is 0 Å². The molecule has 5 nitrogen and oxygen atoms in total. The molecule has 2 rings (SSSR count). The number of carbonyl (C=O) groups excluding carboxylic acids is 2. The lowest BCUT2D eigenvalue weighted by Gasteiger charge is -2.35. The number of amides is 2. The molecule has 1 aromatic rings. The fourth-order valence-corrected chi connectivity index (χ4v) is 2.68. The zero-order chi connectivity index (χ0) is 17.0. The van der Waals surface area contributed by atoms with E-state index in [9.17, 15) is 19.1 Å². The van der Waals surface area contributed by atoms with Gasteiger partial charge >= 0.3 is 0 Å². The van der Waals surface area contributed by atoms with Crippen molar-refractivity contribution in [1.82, 2.24) is 9.80 Å². The lowest BCUT2D eigenvalue weighted by atomic mass is 10.0. The number of aliphatic hydroxyl groups excluding tert-OH is 1. The lowest BCUT2D eigenvalue weighted by Crippen LogP contribution is -2.54. The van der Waals surface area contributed by atoms with Gasteiger partial charge in [-0.25, -0.2) is 4.39 Å². The minimum atomic E-state index is -1.06. The molecule has 0 unspecified atom stereocenters. The Bertz CT molecular complexity index is 577.